The van der Waals surface area contributed by atoms with Crippen molar-refractivity contribution < 1.29 is 5.11 Å². The Balaban J connectivity index is 0.00000112. The second-order valence-corrected chi connectivity index (χ2v) is 4.03. The summed E-state index contributed by atoms with van der Waals surface area (Å²) >= 11 is 0. The predicted molar refractivity (Wildman–Crippen MR) is 68.2 cm³/mol. The van der Waals surface area contributed by atoms with Crippen LogP contribution in [0, 0.1) is 0 Å². The first-order valence-corrected chi connectivity index (χ1v) is 5.12. The fourth-order valence-corrected chi connectivity index (χ4v) is 1.89. The Bertz CT molecular complexity index is 298. The monoisotopic (exact) mass is 267 g/mol. The van der Waals surface area contributed by atoms with Crippen LogP contribution in [0.2, 0.25) is 0 Å². The van der Waals surface area contributed by atoms with Crippen molar-refractivity contribution >= 4 is 24.8 Å². The van der Waals surface area contributed by atoms with E-state index in [1.54, 1.807) is 0 Å². The van der Waals surface area contributed by atoms with Gasteiger partial charge in [-0.05, 0) is 12.8 Å². The van der Waals surface area contributed by atoms with Gasteiger partial charge in [-0.1, -0.05) is 0 Å². The van der Waals surface area contributed by atoms with Crippen LogP contribution in [-0.4, -0.2) is 39.0 Å². The van der Waals surface area contributed by atoms with Crippen molar-refractivity contribution in [3.63, 3.8) is 0 Å². The van der Waals surface area contributed by atoms with Crippen molar-refractivity contribution in [1.29, 1.82) is 0 Å². The molecule has 0 saturated carbocycles. The molecular formula is C10H19Cl2N3O. The maximum atomic E-state index is 9.35. The number of hydrogen-bond donors (Lipinski definition) is 1. The molecular weight excluding hydrogens is 249 g/mol. The lowest BCUT2D eigenvalue weighted by molar-refractivity contribution is 0.0792. The van der Waals surface area contributed by atoms with E-state index in [9.17, 15) is 5.11 Å². The molecule has 16 heavy (non-hydrogen) atoms. The highest BCUT2D eigenvalue weighted by atomic mass is 35.5. The van der Waals surface area contributed by atoms with Gasteiger partial charge in [0.05, 0.1) is 12.3 Å². The normalized spacial score (nSPS) is 17.6. The van der Waals surface area contributed by atoms with Crippen LogP contribution in [-0.2, 0) is 13.6 Å². The van der Waals surface area contributed by atoms with Gasteiger partial charge in [0.15, 0.2) is 0 Å². The van der Waals surface area contributed by atoms with Crippen LogP contribution in [0.4, 0.5) is 0 Å². The van der Waals surface area contributed by atoms with Gasteiger partial charge in [0.2, 0.25) is 0 Å². The topological polar surface area (TPSA) is 41.3 Å². The molecule has 0 bridgehead atoms. The zero-order chi connectivity index (χ0) is 9.97. The second-order valence-electron chi connectivity index (χ2n) is 4.03. The lowest BCUT2D eigenvalue weighted by Crippen LogP contribution is -2.35. The summed E-state index contributed by atoms with van der Waals surface area (Å²) in [7, 11) is 1.93. The van der Waals surface area contributed by atoms with Gasteiger partial charge in [-0.3, -0.25) is 9.58 Å². The van der Waals surface area contributed by atoms with E-state index in [0.29, 0.717) is 0 Å². The minimum Gasteiger partial charge on any atom is -0.393 e. The summed E-state index contributed by atoms with van der Waals surface area (Å²) in [4.78, 5) is 2.36. The molecule has 0 aromatic carbocycles. The number of rotatable bonds is 2. The molecule has 1 saturated heterocycles. The van der Waals surface area contributed by atoms with Crippen LogP contribution in [0.15, 0.2) is 12.4 Å². The molecule has 1 fully saturated rings. The highest BCUT2D eigenvalue weighted by Crippen LogP contribution is 2.12. The molecule has 0 aliphatic carbocycles. The third-order valence-corrected chi connectivity index (χ3v) is 2.72. The summed E-state index contributed by atoms with van der Waals surface area (Å²) in [5, 5.41) is 13.5. The van der Waals surface area contributed by atoms with Gasteiger partial charge in [-0.15, -0.1) is 24.8 Å². The molecule has 2 rings (SSSR count). The number of piperidine rings is 1. The number of halogens is 2. The van der Waals surface area contributed by atoms with Crippen molar-refractivity contribution in [2.45, 2.75) is 25.5 Å². The van der Waals surface area contributed by atoms with Crippen molar-refractivity contribution in [3.8, 4) is 0 Å². The number of aliphatic hydroxyl groups excluding tert-OH is 1. The van der Waals surface area contributed by atoms with E-state index in [-0.39, 0.29) is 30.9 Å². The highest BCUT2D eigenvalue weighted by Gasteiger charge is 2.16. The largest absolute Gasteiger partial charge is 0.393 e. The average molecular weight is 268 g/mol. The Morgan fingerprint density at radius 1 is 1.38 bits per heavy atom. The molecule has 0 radical (unpaired) electrons. The van der Waals surface area contributed by atoms with Crippen LogP contribution < -0.4 is 0 Å². The average Bonchev–Trinajstić information content (AvgIpc) is 2.56. The molecule has 1 aromatic rings. The lowest BCUT2D eigenvalue weighted by atomic mass is 10.1. The second kappa shape index (κ2) is 7.12. The van der Waals surface area contributed by atoms with Crippen molar-refractivity contribution in [2.75, 3.05) is 13.1 Å². The number of nitrogens with zero attached hydrogens (tertiary/aromatic N) is 3. The fraction of sp³-hybridized carbons (Fsp3) is 0.700. The molecule has 0 amide bonds. The van der Waals surface area contributed by atoms with Crippen molar-refractivity contribution in [2.24, 2.45) is 7.05 Å². The van der Waals surface area contributed by atoms with Crippen molar-refractivity contribution in [1.82, 2.24) is 14.7 Å². The van der Waals surface area contributed by atoms with Gasteiger partial charge in [-0.2, -0.15) is 5.10 Å². The Kier molecular flexibility index (Phi) is 6.99. The first kappa shape index (κ1) is 15.7. The minimum atomic E-state index is -0.0832. The number of aliphatic hydroxyl groups is 1. The van der Waals surface area contributed by atoms with E-state index >= 15 is 0 Å². The van der Waals surface area contributed by atoms with Crippen LogP contribution >= 0.6 is 24.8 Å². The van der Waals surface area contributed by atoms with E-state index < -0.39 is 0 Å². The summed E-state index contributed by atoms with van der Waals surface area (Å²) in [5.41, 5.74) is 1.25. The van der Waals surface area contributed by atoms with Gasteiger partial charge in [0.1, 0.15) is 0 Å². The van der Waals surface area contributed by atoms with Gasteiger partial charge in [0.25, 0.3) is 0 Å². The molecule has 2 heterocycles. The molecule has 1 aliphatic rings. The summed E-state index contributed by atoms with van der Waals surface area (Å²) in [6.07, 6.45) is 5.68. The molecule has 0 spiro atoms. The molecule has 6 heteroatoms. The number of hydrogen-bond acceptors (Lipinski definition) is 3. The number of likely N-dealkylation sites (tertiary alicyclic amines) is 1. The number of aryl methyl sites for hydroxylation is 1. The first-order valence-electron chi connectivity index (χ1n) is 5.12. The third kappa shape index (κ3) is 4.29. The number of aromatic nitrogens is 2. The Morgan fingerprint density at radius 2 is 2.00 bits per heavy atom. The summed E-state index contributed by atoms with van der Waals surface area (Å²) < 4.78 is 1.83. The van der Waals surface area contributed by atoms with Crippen LogP contribution in [0.5, 0.6) is 0 Å². The summed E-state index contributed by atoms with van der Waals surface area (Å²) in [6, 6.07) is 0. The molecule has 4 nitrogen and oxygen atoms in total. The van der Waals surface area contributed by atoms with Crippen LogP contribution in [0.1, 0.15) is 18.4 Å². The smallest absolute Gasteiger partial charge is 0.0564 e. The summed E-state index contributed by atoms with van der Waals surface area (Å²) in [5.74, 6) is 0. The van der Waals surface area contributed by atoms with Gasteiger partial charge >= 0.3 is 0 Å². The van der Waals surface area contributed by atoms with Gasteiger partial charge < -0.3 is 5.11 Å². The van der Waals surface area contributed by atoms with Gasteiger partial charge in [0, 0.05) is 38.4 Å². The Hall–Kier alpha value is -0.290. The quantitative estimate of drug-likeness (QED) is 0.877. The standard InChI is InChI=1S/C10H17N3O.2ClH/c1-12-7-9(6-11-12)8-13-4-2-10(14)3-5-13;;/h6-7,10,14H,2-5,8H2,1H3;2*1H. The van der Waals surface area contributed by atoms with E-state index in [1.807, 2.05) is 24.1 Å². The van der Waals surface area contributed by atoms with E-state index in [0.717, 1.165) is 32.5 Å². The zero-order valence-electron chi connectivity index (χ0n) is 9.37. The van der Waals surface area contributed by atoms with Crippen LogP contribution in [0.3, 0.4) is 0 Å². The van der Waals surface area contributed by atoms with E-state index in [4.69, 9.17) is 0 Å². The van der Waals surface area contributed by atoms with Crippen LogP contribution in [0.25, 0.3) is 0 Å². The third-order valence-electron chi connectivity index (χ3n) is 2.72. The molecule has 1 aliphatic heterocycles. The maximum absolute atomic E-state index is 9.35. The summed E-state index contributed by atoms with van der Waals surface area (Å²) in [6.45, 7) is 2.95. The Labute approximate surface area is 108 Å². The molecule has 0 unspecified atom stereocenters. The minimum absolute atomic E-state index is 0. The lowest BCUT2D eigenvalue weighted by Gasteiger charge is -2.28. The van der Waals surface area contributed by atoms with Gasteiger partial charge in [-0.25, -0.2) is 0 Å². The molecule has 1 aromatic heterocycles. The Morgan fingerprint density at radius 3 is 2.50 bits per heavy atom. The van der Waals surface area contributed by atoms with E-state index in [2.05, 4.69) is 10.00 Å². The first-order chi connectivity index (χ1) is 6.74. The highest BCUT2D eigenvalue weighted by molar-refractivity contribution is 5.85. The molecule has 0 atom stereocenters. The fourth-order valence-electron chi connectivity index (χ4n) is 1.89. The predicted octanol–water partition coefficient (Wildman–Crippen LogP) is 1.22. The SMILES string of the molecule is Cl.Cl.Cn1cc(CN2CCC(O)CC2)cn1. The zero-order valence-corrected chi connectivity index (χ0v) is 11.0. The van der Waals surface area contributed by atoms with Crippen molar-refractivity contribution in [3.05, 3.63) is 18.0 Å². The maximum Gasteiger partial charge on any atom is 0.0564 e. The molecule has 94 valence electrons. The van der Waals surface area contributed by atoms with E-state index in [1.165, 1.54) is 5.56 Å². The molecule has 1 N–H and O–H groups in total.